The van der Waals surface area contributed by atoms with Crippen LogP contribution in [0.5, 0.6) is 0 Å². The molecule has 2 N–H and O–H groups in total. The minimum atomic E-state index is -0.292. The van der Waals surface area contributed by atoms with Crippen molar-refractivity contribution in [3.8, 4) is 0 Å². The number of amides is 1. The maximum atomic E-state index is 12.8. The van der Waals surface area contributed by atoms with Crippen molar-refractivity contribution < 1.29 is 4.79 Å². The van der Waals surface area contributed by atoms with E-state index in [-0.39, 0.29) is 17.9 Å². The van der Waals surface area contributed by atoms with Crippen LogP contribution in [-0.4, -0.2) is 30.5 Å². The highest BCUT2D eigenvalue weighted by molar-refractivity contribution is 6.02. The molecule has 0 aliphatic rings. The molecule has 0 radical (unpaired) electrons. The molecule has 0 saturated carbocycles. The summed E-state index contributed by atoms with van der Waals surface area (Å²) in [6, 6.07) is 7.68. The molecular weight excluding hydrogens is 344 g/mol. The highest BCUT2D eigenvalue weighted by atomic mass is 16.2. The number of benzene rings is 1. The quantitative estimate of drug-likeness (QED) is 0.580. The molecule has 0 atom stereocenters. The smallest absolute Gasteiger partial charge is 0.264 e. The van der Waals surface area contributed by atoms with Crippen molar-refractivity contribution in [3.05, 3.63) is 63.5 Å². The van der Waals surface area contributed by atoms with Gasteiger partial charge in [-0.2, -0.15) is 5.10 Å². The molecule has 27 heavy (non-hydrogen) atoms. The number of aryl methyl sites for hydroxylation is 3. The zero-order valence-electron chi connectivity index (χ0n) is 15.2. The third kappa shape index (κ3) is 2.84. The molecule has 0 fully saturated rings. The van der Waals surface area contributed by atoms with E-state index in [1.165, 1.54) is 4.40 Å². The molecular formula is C19H18N6O2. The molecule has 0 spiro atoms. The van der Waals surface area contributed by atoms with Crippen molar-refractivity contribution in [1.82, 2.24) is 24.6 Å². The predicted molar refractivity (Wildman–Crippen MR) is 102 cm³/mol. The number of pyridine rings is 1. The lowest BCUT2D eigenvalue weighted by molar-refractivity contribution is -0.115. The molecule has 0 unspecified atom stereocenters. The number of hydrogen-bond acceptors (Lipinski definition) is 5. The second-order valence-corrected chi connectivity index (χ2v) is 6.47. The Bertz CT molecular complexity index is 1250. The van der Waals surface area contributed by atoms with E-state index < -0.39 is 0 Å². The minimum absolute atomic E-state index is 0.0755. The van der Waals surface area contributed by atoms with E-state index in [4.69, 9.17) is 0 Å². The summed E-state index contributed by atoms with van der Waals surface area (Å²) in [5.41, 5.74) is 2.85. The summed E-state index contributed by atoms with van der Waals surface area (Å²) < 4.78 is 1.38. The summed E-state index contributed by atoms with van der Waals surface area (Å²) in [6.07, 6.45) is 1.61. The summed E-state index contributed by atoms with van der Waals surface area (Å²) in [5, 5.41) is 10.6. The summed E-state index contributed by atoms with van der Waals surface area (Å²) in [5.74, 6) is 0.575. The Hall–Kier alpha value is -3.55. The fourth-order valence-electron chi connectivity index (χ4n) is 3.17. The van der Waals surface area contributed by atoms with Crippen LogP contribution >= 0.6 is 0 Å². The molecule has 0 bridgehead atoms. The van der Waals surface area contributed by atoms with E-state index in [0.29, 0.717) is 28.5 Å². The number of nitrogens with one attached hydrogen (secondary N) is 2. The van der Waals surface area contributed by atoms with Crippen LogP contribution in [-0.2, 0) is 11.2 Å². The number of aromatic nitrogens is 5. The molecule has 1 amide bonds. The Morgan fingerprint density at radius 2 is 2.04 bits per heavy atom. The van der Waals surface area contributed by atoms with Gasteiger partial charge < -0.3 is 5.32 Å². The normalized spacial score (nSPS) is 11.2. The van der Waals surface area contributed by atoms with E-state index in [2.05, 4.69) is 25.5 Å². The van der Waals surface area contributed by atoms with Crippen molar-refractivity contribution in [2.24, 2.45) is 0 Å². The largest absolute Gasteiger partial charge is 0.324 e. The van der Waals surface area contributed by atoms with Crippen molar-refractivity contribution in [2.75, 3.05) is 5.32 Å². The second kappa shape index (κ2) is 6.31. The van der Waals surface area contributed by atoms with E-state index in [9.17, 15) is 9.59 Å². The van der Waals surface area contributed by atoms with Gasteiger partial charge in [0.15, 0.2) is 0 Å². The van der Waals surface area contributed by atoms with Crippen LogP contribution in [0.3, 0.4) is 0 Å². The zero-order chi connectivity index (χ0) is 19.1. The van der Waals surface area contributed by atoms with Crippen molar-refractivity contribution in [2.45, 2.75) is 27.2 Å². The molecule has 4 rings (SSSR count). The van der Waals surface area contributed by atoms with Gasteiger partial charge in [0.05, 0.1) is 23.3 Å². The van der Waals surface area contributed by atoms with Gasteiger partial charge in [0, 0.05) is 17.1 Å². The standard InChI is InChI=1S/C19H18N6O2/c1-10-6-7-13-5-4-8-20-17(13)16(10)22-15(26)9-14-11(2)21-19-24-23-12(3)25(19)18(14)27/h4-8H,9H2,1-3H3,(H,21,24)(H,22,26). The van der Waals surface area contributed by atoms with Crippen LogP contribution in [0.25, 0.3) is 16.7 Å². The number of aromatic amines is 1. The molecule has 0 saturated heterocycles. The number of anilines is 1. The molecule has 0 aliphatic heterocycles. The van der Waals surface area contributed by atoms with Crippen molar-refractivity contribution >= 4 is 28.3 Å². The van der Waals surface area contributed by atoms with Gasteiger partial charge >= 0.3 is 0 Å². The first-order valence-electron chi connectivity index (χ1n) is 8.53. The zero-order valence-corrected chi connectivity index (χ0v) is 15.2. The van der Waals surface area contributed by atoms with Crippen LogP contribution in [0.2, 0.25) is 0 Å². The molecule has 136 valence electrons. The Kier molecular flexibility index (Phi) is 3.95. The van der Waals surface area contributed by atoms with E-state index in [1.807, 2.05) is 31.2 Å². The van der Waals surface area contributed by atoms with E-state index >= 15 is 0 Å². The molecule has 1 aromatic carbocycles. The van der Waals surface area contributed by atoms with Gasteiger partial charge in [-0.15, -0.1) is 0 Å². The van der Waals surface area contributed by atoms with Crippen LogP contribution in [0.1, 0.15) is 22.6 Å². The number of hydrogen-bond donors (Lipinski definition) is 2. The number of nitrogens with zero attached hydrogens (tertiary/aromatic N) is 4. The number of rotatable bonds is 3. The summed E-state index contributed by atoms with van der Waals surface area (Å²) in [7, 11) is 0. The van der Waals surface area contributed by atoms with Gasteiger partial charge in [0.1, 0.15) is 5.82 Å². The van der Waals surface area contributed by atoms with Crippen LogP contribution in [0, 0.1) is 20.8 Å². The van der Waals surface area contributed by atoms with Gasteiger partial charge in [-0.1, -0.05) is 18.2 Å². The van der Waals surface area contributed by atoms with E-state index in [1.54, 1.807) is 20.0 Å². The van der Waals surface area contributed by atoms with Crippen molar-refractivity contribution in [1.29, 1.82) is 0 Å². The highest BCUT2D eigenvalue weighted by Gasteiger charge is 2.17. The van der Waals surface area contributed by atoms with Crippen LogP contribution < -0.4 is 10.9 Å². The fourth-order valence-corrected chi connectivity index (χ4v) is 3.17. The van der Waals surface area contributed by atoms with Gasteiger partial charge in [-0.05, 0) is 32.4 Å². The second-order valence-electron chi connectivity index (χ2n) is 6.47. The number of carbonyl (C=O) groups is 1. The average molecular weight is 362 g/mol. The number of H-pyrrole nitrogens is 1. The topological polar surface area (TPSA) is 105 Å². The van der Waals surface area contributed by atoms with Gasteiger partial charge in [0.2, 0.25) is 11.7 Å². The monoisotopic (exact) mass is 362 g/mol. The lowest BCUT2D eigenvalue weighted by Crippen LogP contribution is -2.26. The van der Waals surface area contributed by atoms with Gasteiger partial charge in [-0.25, -0.2) is 14.5 Å². The lowest BCUT2D eigenvalue weighted by atomic mass is 10.1. The summed E-state index contributed by atoms with van der Waals surface area (Å²) in [6.45, 7) is 5.33. The van der Waals surface area contributed by atoms with Gasteiger partial charge in [-0.3, -0.25) is 14.6 Å². The third-order valence-electron chi connectivity index (χ3n) is 4.61. The molecule has 3 heterocycles. The Balaban J connectivity index is 1.70. The maximum absolute atomic E-state index is 12.8. The Morgan fingerprint density at radius 1 is 1.22 bits per heavy atom. The highest BCUT2D eigenvalue weighted by Crippen LogP contribution is 2.25. The lowest BCUT2D eigenvalue weighted by Gasteiger charge is -2.12. The first kappa shape index (κ1) is 16.9. The minimum Gasteiger partial charge on any atom is -0.324 e. The molecule has 3 aromatic heterocycles. The first-order valence-corrected chi connectivity index (χ1v) is 8.53. The number of fused-ring (bicyclic) bond motifs is 2. The van der Waals surface area contributed by atoms with Gasteiger partial charge in [0.25, 0.3) is 5.56 Å². The average Bonchev–Trinajstić information content (AvgIpc) is 3.01. The summed E-state index contributed by atoms with van der Waals surface area (Å²) >= 11 is 0. The third-order valence-corrected chi connectivity index (χ3v) is 4.61. The van der Waals surface area contributed by atoms with Crippen LogP contribution in [0.15, 0.2) is 35.3 Å². The predicted octanol–water partition coefficient (Wildman–Crippen LogP) is 2.07. The fraction of sp³-hybridized carbons (Fsp3) is 0.211. The molecule has 4 aromatic rings. The molecule has 8 heteroatoms. The maximum Gasteiger partial charge on any atom is 0.264 e. The van der Waals surface area contributed by atoms with Crippen molar-refractivity contribution in [3.63, 3.8) is 0 Å². The Morgan fingerprint density at radius 3 is 2.85 bits per heavy atom. The van der Waals surface area contributed by atoms with E-state index in [0.717, 1.165) is 16.5 Å². The SMILES string of the molecule is Cc1ccc2cccnc2c1NC(=O)Cc1c(C)nc2[nH]nc(C)n2c1=O. The summed E-state index contributed by atoms with van der Waals surface area (Å²) in [4.78, 5) is 34.2. The number of carbonyl (C=O) groups excluding carboxylic acids is 1. The Labute approximate surface area is 154 Å². The first-order chi connectivity index (χ1) is 13.0. The molecule has 0 aliphatic carbocycles. The molecule has 8 nitrogen and oxygen atoms in total. The van der Waals surface area contributed by atoms with Crippen LogP contribution in [0.4, 0.5) is 5.69 Å².